The van der Waals surface area contributed by atoms with Crippen LogP contribution in [0, 0.1) is 0 Å². The molecule has 0 spiro atoms. The highest BCUT2D eigenvalue weighted by Gasteiger charge is 2.32. The second-order valence-corrected chi connectivity index (χ2v) is 11.6. The molecule has 0 heterocycles. The largest absolute Gasteiger partial charge is 0.487 e. The lowest BCUT2D eigenvalue weighted by Crippen LogP contribution is -2.51. The Kier molecular flexibility index (Phi) is 15.1. The van der Waals surface area contributed by atoms with E-state index in [2.05, 4.69) is 45.3 Å². The molecule has 0 aliphatic carbocycles. The lowest BCUT2D eigenvalue weighted by atomic mass is 10.0. The zero-order valence-electron chi connectivity index (χ0n) is 24.9. The number of para-hydroxylation sites is 1. The summed E-state index contributed by atoms with van der Waals surface area (Å²) in [6.45, 7) is 7.22. The lowest BCUT2D eigenvalue weighted by molar-refractivity contribution is -0.917. The Hall–Kier alpha value is -2.33. The van der Waals surface area contributed by atoms with Gasteiger partial charge in [-0.3, -0.25) is 0 Å². The Bertz CT molecular complexity index is 896. The second kappa shape index (κ2) is 18.0. The molecule has 2 aromatic rings. The molecule has 0 saturated heterocycles. The minimum Gasteiger partial charge on any atom is -0.487 e. The number of carbonyl (C=O) groups excluding carboxylic acids is 1. The number of ether oxygens (including phenoxy) is 2. The standard InChI is InChI=1S/C34H54NO3/c1-6-7-8-9-10-11-12-13-14-15-19-24-32-25-20-21-26-33(32)38-29(2)28-37-34(36)30(3)35(4,5)27-31-22-17-16-18-23-31/h16-18,20-23,25-26,29-30H,6-15,19,24,27-28H2,1-5H3/q+1. The van der Waals surface area contributed by atoms with Gasteiger partial charge in [0.15, 0.2) is 6.04 Å². The van der Waals surface area contributed by atoms with Gasteiger partial charge >= 0.3 is 5.97 Å². The van der Waals surface area contributed by atoms with Crippen molar-refractivity contribution < 1.29 is 18.8 Å². The highest BCUT2D eigenvalue weighted by molar-refractivity contribution is 5.74. The smallest absolute Gasteiger partial charge is 0.364 e. The number of aryl methyl sites for hydroxylation is 1. The van der Waals surface area contributed by atoms with Gasteiger partial charge in [-0.15, -0.1) is 0 Å². The van der Waals surface area contributed by atoms with Crippen LogP contribution in [0.4, 0.5) is 0 Å². The van der Waals surface area contributed by atoms with Crippen molar-refractivity contribution in [3.8, 4) is 5.75 Å². The number of benzene rings is 2. The summed E-state index contributed by atoms with van der Waals surface area (Å²) in [6.07, 6.45) is 15.7. The summed E-state index contributed by atoms with van der Waals surface area (Å²) in [7, 11) is 4.15. The SMILES string of the molecule is CCCCCCCCCCCCCc1ccccc1OC(C)COC(=O)C(C)[N+](C)(C)Cc1ccccc1. The van der Waals surface area contributed by atoms with Crippen molar-refractivity contribution in [2.45, 2.75) is 117 Å². The molecule has 4 heteroatoms. The maximum absolute atomic E-state index is 12.8. The van der Waals surface area contributed by atoms with E-state index < -0.39 is 0 Å². The average Bonchev–Trinajstić information content (AvgIpc) is 2.91. The summed E-state index contributed by atoms with van der Waals surface area (Å²) in [4.78, 5) is 12.8. The van der Waals surface area contributed by atoms with Crippen molar-refractivity contribution in [3.05, 3.63) is 65.7 Å². The number of hydrogen-bond donors (Lipinski definition) is 0. The summed E-state index contributed by atoms with van der Waals surface area (Å²) in [6, 6.07) is 18.3. The third-order valence-corrected chi connectivity index (χ3v) is 7.63. The van der Waals surface area contributed by atoms with E-state index in [1.807, 2.05) is 44.2 Å². The van der Waals surface area contributed by atoms with Gasteiger partial charge in [0, 0.05) is 5.56 Å². The molecule has 0 saturated carbocycles. The molecule has 0 bridgehead atoms. The Morgan fingerprint density at radius 2 is 1.32 bits per heavy atom. The van der Waals surface area contributed by atoms with Gasteiger partial charge in [-0.25, -0.2) is 4.79 Å². The van der Waals surface area contributed by atoms with Gasteiger partial charge in [-0.1, -0.05) is 120 Å². The summed E-state index contributed by atoms with van der Waals surface area (Å²) in [5.41, 5.74) is 2.46. The summed E-state index contributed by atoms with van der Waals surface area (Å²) in [5, 5.41) is 0. The first-order valence-electron chi connectivity index (χ1n) is 15.1. The molecule has 0 amide bonds. The minimum absolute atomic E-state index is 0.185. The molecule has 0 aliphatic heterocycles. The normalized spacial score (nSPS) is 13.2. The van der Waals surface area contributed by atoms with Crippen LogP contribution in [0.5, 0.6) is 5.75 Å². The first kappa shape index (κ1) is 31.9. The van der Waals surface area contributed by atoms with Crippen molar-refractivity contribution in [1.82, 2.24) is 0 Å². The van der Waals surface area contributed by atoms with Crippen molar-refractivity contribution in [1.29, 1.82) is 0 Å². The average molecular weight is 525 g/mol. The molecule has 0 aromatic heterocycles. The van der Waals surface area contributed by atoms with Crippen molar-refractivity contribution >= 4 is 5.97 Å². The zero-order chi connectivity index (χ0) is 27.6. The Labute approximate surface area is 233 Å². The number of quaternary nitrogens is 1. The molecule has 0 fully saturated rings. The summed E-state index contributed by atoms with van der Waals surface area (Å²) < 4.78 is 12.5. The number of esters is 1. The van der Waals surface area contributed by atoms with Crippen LogP contribution in [0.15, 0.2) is 54.6 Å². The van der Waals surface area contributed by atoms with Gasteiger partial charge in [0.2, 0.25) is 0 Å². The molecular weight excluding hydrogens is 470 g/mol. The number of rotatable bonds is 20. The van der Waals surface area contributed by atoms with Gasteiger partial charge in [0.25, 0.3) is 0 Å². The molecule has 2 unspecified atom stereocenters. The number of nitrogens with zero attached hydrogens (tertiary/aromatic N) is 1. The van der Waals surface area contributed by atoms with Crippen LogP contribution in [0.2, 0.25) is 0 Å². The molecule has 0 N–H and O–H groups in total. The number of hydrogen-bond acceptors (Lipinski definition) is 3. The topological polar surface area (TPSA) is 35.5 Å². The summed E-state index contributed by atoms with van der Waals surface area (Å²) >= 11 is 0. The second-order valence-electron chi connectivity index (χ2n) is 11.6. The van der Waals surface area contributed by atoms with Crippen LogP contribution >= 0.6 is 0 Å². The van der Waals surface area contributed by atoms with Crippen LogP contribution in [0.3, 0.4) is 0 Å². The van der Waals surface area contributed by atoms with E-state index >= 15 is 0 Å². The van der Waals surface area contributed by atoms with Crippen LogP contribution in [-0.2, 0) is 22.5 Å². The highest BCUT2D eigenvalue weighted by Crippen LogP contribution is 2.23. The fourth-order valence-electron chi connectivity index (χ4n) is 4.85. The van der Waals surface area contributed by atoms with Crippen molar-refractivity contribution in [2.75, 3.05) is 20.7 Å². The van der Waals surface area contributed by atoms with Gasteiger partial charge in [0.1, 0.15) is 25.0 Å². The van der Waals surface area contributed by atoms with E-state index in [1.165, 1.54) is 81.8 Å². The van der Waals surface area contributed by atoms with Gasteiger partial charge in [-0.2, -0.15) is 0 Å². The fraction of sp³-hybridized carbons (Fsp3) is 0.618. The van der Waals surface area contributed by atoms with Gasteiger partial charge in [-0.05, 0) is 38.3 Å². The van der Waals surface area contributed by atoms with Crippen molar-refractivity contribution in [3.63, 3.8) is 0 Å². The predicted molar refractivity (Wildman–Crippen MR) is 159 cm³/mol. The molecule has 212 valence electrons. The summed E-state index contributed by atoms with van der Waals surface area (Å²) in [5.74, 6) is 0.729. The van der Waals surface area contributed by atoms with E-state index in [0.29, 0.717) is 4.48 Å². The monoisotopic (exact) mass is 524 g/mol. The molecule has 4 nitrogen and oxygen atoms in total. The first-order chi connectivity index (χ1) is 18.3. The zero-order valence-corrected chi connectivity index (χ0v) is 24.9. The predicted octanol–water partition coefficient (Wildman–Crippen LogP) is 8.52. The molecule has 0 radical (unpaired) electrons. The first-order valence-corrected chi connectivity index (χ1v) is 15.1. The lowest BCUT2D eigenvalue weighted by Gasteiger charge is -2.34. The molecule has 0 aliphatic rings. The van der Waals surface area contributed by atoms with E-state index in [0.717, 1.165) is 18.7 Å². The fourth-order valence-corrected chi connectivity index (χ4v) is 4.85. The quantitative estimate of drug-likeness (QED) is 0.0989. The van der Waals surface area contributed by atoms with Gasteiger partial charge < -0.3 is 14.0 Å². The third-order valence-electron chi connectivity index (χ3n) is 7.63. The van der Waals surface area contributed by atoms with E-state index in [9.17, 15) is 4.79 Å². The number of unbranched alkanes of at least 4 members (excludes halogenated alkanes) is 10. The van der Waals surface area contributed by atoms with Crippen LogP contribution < -0.4 is 4.74 Å². The van der Waals surface area contributed by atoms with E-state index in [4.69, 9.17) is 9.47 Å². The van der Waals surface area contributed by atoms with Crippen LogP contribution in [0.1, 0.15) is 103 Å². The molecule has 2 aromatic carbocycles. The molecule has 2 atom stereocenters. The minimum atomic E-state index is -0.268. The van der Waals surface area contributed by atoms with Crippen LogP contribution in [-0.4, -0.2) is 43.3 Å². The number of carbonyl (C=O) groups is 1. The Morgan fingerprint density at radius 3 is 1.95 bits per heavy atom. The van der Waals surface area contributed by atoms with Gasteiger partial charge in [0.05, 0.1) is 14.1 Å². The van der Waals surface area contributed by atoms with Crippen LogP contribution in [0.25, 0.3) is 0 Å². The van der Waals surface area contributed by atoms with E-state index in [-0.39, 0.29) is 24.7 Å². The Balaban J connectivity index is 1.68. The third kappa shape index (κ3) is 12.5. The highest BCUT2D eigenvalue weighted by atomic mass is 16.6. The van der Waals surface area contributed by atoms with Crippen molar-refractivity contribution in [2.24, 2.45) is 0 Å². The maximum Gasteiger partial charge on any atom is 0.364 e. The Morgan fingerprint density at radius 1 is 0.763 bits per heavy atom. The molecule has 38 heavy (non-hydrogen) atoms. The van der Waals surface area contributed by atoms with E-state index in [1.54, 1.807) is 0 Å². The number of likely N-dealkylation sites (N-methyl/N-ethyl adjacent to an activating group) is 1. The molecule has 2 rings (SSSR count). The molecular formula is C34H54NO3+. The maximum atomic E-state index is 12.8.